The highest BCUT2D eigenvalue weighted by atomic mass is 32.2. The molecule has 1 aliphatic carbocycles. The van der Waals surface area contributed by atoms with E-state index in [1.165, 1.54) is 100 Å². The van der Waals surface area contributed by atoms with Gasteiger partial charge in [0.2, 0.25) is 0 Å². The molecule has 48 heavy (non-hydrogen) atoms. The van der Waals surface area contributed by atoms with Crippen molar-refractivity contribution in [2.75, 3.05) is 19.3 Å². The molecule has 0 spiro atoms. The van der Waals surface area contributed by atoms with Gasteiger partial charge in [0, 0.05) is 38.9 Å². The number of nitrogens with zero attached hydrogens (tertiary/aromatic N) is 1. The van der Waals surface area contributed by atoms with Crippen LogP contribution in [0, 0.1) is 19.8 Å². The van der Waals surface area contributed by atoms with Crippen LogP contribution in [-0.4, -0.2) is 31.3 Å². The number of carbonyl (C=O) groups excluding carboxylic acids is 1. The molecule has 1 aromatic heterocycles. The lowest BCUT2D eigenvalue weighted by Gasteiger charge is -2.31. The first kappa shape index (κ1) is 41.7. The molecular weight excluding hydrogens is 625 g/mol. The summed E-state index contributed by atoms with van der Waals surface area (Å²) in [7, 11) is 0. The van der Waals surface area contributed by atoms with E-state index in [1.54, 1.807) is 0 Å². The van der Waals surface area contributed by atoms with Gasteiger partial charge in [0.05, 0.1) is 0 Å². The molecule has 2 aromatic carbocycles. The second-order valence-electron chi connectivity index (χ2n) is 12.5. The van der Waals surface area contributed by atoms with Gasteiger partial charge in [-0.15, -0.1) is 23.1 Å². The zero-order chi connectivity index (χ0) is 35.1. The number of benzene rings is 2. The Kier molecular flexibility index (Phi) is 21.4. The topological polar surface area (TPSA) is 41.5 Å². The zero-order valence-electron chi connectivity index (χ0n) is 31.4. The van der Waals surface area contributed by atoms with Crippen molar-refractivity contribution >= 4 is 35.1 Å². The SMILES string of the molecule is CC.CC=O.CCC1=CN=C(C(c2ccccc2)C2CCCCC2)C1.CCCc1ccc(CCNCCc2ccc(C)c(C)c2SC)s1. The van der Waals surface area contributed by atoms with E-state index in [-0.39, 0.29) is 0 Å². The smallest absolute Gasteiger partial charge is 0.116 e. The minimum absolute atomic E-state index is 0.553. The summed E-state index contributed by atoms with van der Waals surface area (Å²) in [5.41, 5.74) is 8.71. The molecule has 264 valence electrons. The summed E-state index contributed by atoms with van der Waals surface area (Å²) in [5, 5.41) is 3.61. The van der Waals surface area contributed by atoms with Crippen LogP contribution in [0.3, 0.4) is 0 Å². The Balaban J connectivity index is 0.000000296. The summed E-state index contributed by atoms with van der Waals surface area (Å²) in [6, 6.07) is 20.2. The Labute approximate surface area is 302 Å². The van der Waals surface area contributed by atoms with Gasteiger partial charge in [0.1, 0.15) is 6.29 Å². The van der Waals surface area contributed by atoms with Crippen molar-refractivity contribution in [2.24, 2.45) is 10.9 Å². The van der Waals surface area contributed by atoms with E-state index in [9.17, 15) is 0 Å². The van der Waals surface area contributed by atoms with Gasteiger partial charge in [-0.1, -0.05) is 95.8 Å². The van der Waals surface area contributed by atoms with E-state index in [1.807, 2.05) is 36.9 Å². The lowest BCUT2D eigenvalue weighted by Crippen LogP contribution is -2.23. The van der Waals surface area contributed by atoms with Crippen LogP contribution in [0.15, 0.2) is 76.3 Å². The maximum absolute atomic E-state index is 8.81. The predicted molar refractivity (Wildman–Crippen MR) is 216 cm³/mol. The molecule has 0 radical (unpaired) electrons. The summed E-state index contributed by atoms with van der Waals surface area (Å²) < 4.78 is 0. The highest BCUT2D eigenvalue weighted by Gasteiger charge is 2.30. The molecule has 1 fully saturated rings. The molecule has 2 heterocycles. The molecule has 1 N–H and O–H groups in total. The van der Waals surface area contributed by atoms with Gasteiger partial charge in [-0.3, -0.25) is 4.99 Å². The molecule has 3 aromatic rings. The van der Waals surface area contributed by atoms with Crippen LogP contribution in [-0.2, 0) is 24.1 Å². The van der Waals surface area contributed by atoms with Gasteiger partial charge >= 0.3 is 0 Å². The zero-order valence-corrected chi connectivity index (χ0v) is 33.0. The summed E-state index contributed by atoms with van der Waals surface area (Å²) >= 11 is 3.86. The lowest BCUT2D eigenvalue weighted by atomic mass is 9.74. The fraction of sp³-hybridized carbons (Fsp3) is 0.535. The molecule has 5 heteroatoms. The van der Waals surface area contributed by atoms with Crippen molar-refractivity contribution in [3.63, 3.8) is 0 Å². The van der Waals surface area contributed by atoms with Crippen molar-refractivity contribution in [1.29, 1.82) is 0 Å². The molecule has 5 rings (SSSR count). The van der Waals surface area contributed by atoms with Crippen LogP contribution in [0.1, 0.15) is 124 Å². The first-order valence-electron chi connectivity index (χ1n) is 18.6. The van der Waals surface area contributed by atoms with Crippen LogP contribution in [0.4, 0.5) is 0 Å². The van der Waals surface area contributed by atoms with Crippen molar-refractivity contribution in [2.45, 2.75) is 130 Å². The van der Waals surface area contributed by atoms with E-state index in [0.29, 0.717) is 5.92 Å². The molecule has 0 saturated heterocycles. The fourth-order valence-corrected chi connectivity index (χ4v) is 8.61. The largest absolute Gasteiger partial charge is 0.316 e. The maximum Gasteiger partial charge on any atom is 0.116 e. The molecule has 1 atom stereocenters. The lowest BCUT2D eigenvalue weighted by molar-refractivity contribution is -0.106. The van der Waals surface area contributed by atoms with Gasteiger partial charge in [-0.2, -0.15) is 0 Å². The number of thiophene rings is 1. The van der Waals surface area contributed by atoms with Crippen LogP contribution in [0.25, 0.3) is 0 Å². The maximum atomic E-state index is 8.81. The first-order valence-corrected chi connectivity index (χ1v) is 20.6. The summed E-state index contributed by atoms with van der Waals surface area (Å²) in [5.74, 6) is 1.35. The molecule has 1 saturated carbocycles. The van der Waals surface area contributed by atoms with E-state index >= 15 is 0 Å². The third-order valence-electron chi connectivity index (χ3n) is 9.21. The van der Waals surface area contributed by atoms with E-state index in [0.717, 1.165) is 51.0 Å². The summed E-state index contributed by atoms with van der Waals surface area (Å²) in [6.45, 7) is 16.5. The number of thioether (sulfide) groups is 1. The Morgan fingerprint density at radius 3 is 2.17 bits per heavy atom. The molecule has 0 amide bonds. The minimum atomic E-state index is 0.553. The van der Waals surface area contributed by atoms with Crippen LogP contribution in [0.2, 0.25) is 0 Å². The number of aryl methyl sites for hydroxylation is 2. The summed E-state index contributed by atoms with van der Waals surface area (Å²) in [4.78, 5) is 18.1. The number of carbonyl (C=O) groups is 1. The molecule has 2 aliphatic rings. The second-order valence-corrected chi connectivity index (χ2v) is 14.6. The number of aldehydes is 1. The van der Waals surface area contributed by atoms with Gasteiger partial charge in [0.15, 0.2) is 0 Å². The number of hydrogen-bond donors (Lipinski definition) is 1. The van der Waals surface area contributed by atoms with Crippen LogP contribution < -0.4 is 5.32 Å². The van der Waals surface area contributed by atoms with E-state index in [4.69, 9.17) is 9.79 Å². The van der Waals surface area contributed by atoms with Gasteiger partial charge in [-0.05, 0) is 125 Å². The third-order valence-corrected chi connectivity index (χ3v) is 11.4. The number of aliphatic imine (C=N–C) groups is 1. The number of nitrogens with one attached hydrogen (secondary N) is 1. The highest BCUT2D eigenvalue weighted by molar-refractivity contribution is 7.98. The van der Waals surface area contributed by atoms with E-state index < -0.39 is 0 Å². The Bertz CT molecular complexity index is 1370. The Hall–Kier alpha value is -2.47. The number of rotatable bonds is 13. The van der Waals surface area contributed by atoms with Crippen LogP contribution in [0.5, 0.6) is 0 Å². The van der Waals surface area contributed by atoms with Gasteiger partial charge in [0.25, 0.3) is 0 Å². The monoisotopic (exact) mass is 688 g/mol. The molecule has 1 aliphatic heterocycles. The number of hydrogen-bond acceptors (Lipinski definition) is 5. The first-order chi connectivity index (χ1) is 23.4. The standard InChI is InChI=1S/C20H29NS2.C19H25N.C2H4O.C2H6/c1-5-6-18-9-10-19(23-18)12-14-21-13-11-17-8-7-15(2)16(3)20(17)22-4;1-2-15-13-18(20-14-15)19(16-9-5-3-6-10-16)17-11-7-4-8-12-17;1-2-3;1-2/h7-10,21H,5-6,11-14H2,1-4H3;3,5-6,9-10,14,17,19H,2,4,7-8,11-13H2,1H3;2H,1H3;1-2H3. The van der Waals surface area contributed by atoms with Crippen molar-refractivity contribution in [1.82, 2.24) is 5.32 Å². The Morgan fingerprint density at radius 1 is 0.917 bits per heavy atom. The third kappa shape index (κ3) is 13.8. The summed E-state index contributed by atoms with van der Waals surface area (Å²) in [6.07, 6.45) is 19.0. The van der Waals surface area contributed by atoms with Gasteiger partial charge in [-0.25, -0.2) is 0 Å². The van der Waals surface area contributed by atoms with Crippen LogP contribution >= 0.6 is 23.1 Å². The van der Waals surface area contributed by atoms with Crippen molar-refractivity contribution in [3.05, 3.63) is 98.4 Å². The van der Waals surface area contributed by atoms with Gasteiger partial charge < -0.3 is 10.1 Å². The molecular formula is C43H64N2OS2. The fourth-order valence-electron chi connectivity index (χ4n) is 6.59. The molecule has 3 nitrogen and oxygen atoms in total. The quantitative estimate of drug-likeness (QED) is 0.110. The average molecular weight is 689 g/mol. The van der Waals surface area contributed by atoms with E-state index in [2.05, 4.69) is 100 Å². The minimum Gasteiger partial charge on any atom is -0.316 e. The second kappa shape index (κ2) is 24.6. The highest BCUT2D eigenvalue weighted by Crippen LogP contribution is 2.39. The molecule has 1 unspecified atom stereocenters. The van der Waals surface area contributed by atoms with Crippen molar-refractivity contribution < 1.29 is 4.79 Å². The normalized spacial score (nSPS) is 14.7. The average Bonchev–Trinajstić information content (AvgIpc) is 3.79. The molecule has 0 bridgehead atoms. The Morgan fingerprint density at radius 2 is 1.56 bits per heavy atom. The van der Waals surface area contributed by atoms with Crippen molar-refractivity contribution in [3.8, 4) is 0 Å². The number of allylic oxidation sites excluding steroid dienone is 1. The predicted octanol–water partition coefficient (Wildman–Crippen LogP) is 12.1.